The van der Waals surface area contributed by atoms with Crippen LogP contribution in [0.3, 0.4) is 0 Å². The summed E-state index contributed by atoms with van der Waals surface area (Å²) in [6, 6.07) is 0. The van der Waals surface area contributed by atoms with Gasteiger partial charge < -0.3 is 0 Å². The smallest absolute Gasteiger partial charge is 0.0127 e. The first-order valence-corrected chi connectivity index (χ1v) is 6.73. The Balaban J connectivity index is 2.59. The van der Waals surface area contributed by atoms with Gasteiger partial charge in [0.25, 0.3) is 0 Å². The summed E-state index contributed by atoms with van der Waals surface area (Å²) in [5.74, 6) is 0. The van der Waals surface area contributed by atoms with Crippen molar-refractivity contribution in [3.8, 4) is 0 Å². The molecule has 1 aliphatic rings. The summed E-state index contributed by atoms with van der Waals surface area (Å²) in [6.07, 6.45) is 13.0. The third-order valence-electron chi connectivity index (χ3n) is 3.42. The lowest BCUT2D eigenvalue weighted by atomic mass is 9.95. The van der Waals surface area contributed by atoms with E-state index in [4.69, 9.17) is 0 Å². The minimum absolute atomic E-state index is 1.24. The van der Waals surface area contributed by atoms with Gasteiger partial charge in [0.1, 0.15) is 0 Å². The summed E-state index contributed by atoms with van der Waals surface area (Å²) >= 11 is 0. The lowest BCUT2D eigenvalue weighted by Crippen LogP contribution is -1.91. The minimum atomic E-state index is 1.24. The summed E-state index contributed by atoms with van der Waals surface area (Å²) < 4.78 is 0. The molecule has 0 radical (unpaired) electrons. The van der Waals surface area contributed by atoms with Crippen LogP contribution in [0.1, 0.15) is 72.1 Å². The Morgan fingerprint density at radius 1 is 1.00 bits per heavy atom. The maximum absolute atomic E-state index is 2.49. The predicted molar refractivity (Wildman–Crippen MR) is 69.1 cm³/mol. The zero-order valence-electron chi connectivity index (χ0n) is 10.7. The summed E-state index contributed by atoms with van der Waals surface area (Å²) in [5, 5.41) is 0. The summed E-state index contributed by atoms with van der Waals surface area (Å²) in [5.41, 5.74) is 5.13. The Bertz CT molecular complexity index is 243. The second kappa shape index (κ2) is 6.87. The first kappa shape index (κ1) is 12.5. The number of rotatable bonds is 7. The van der Waals surface area contributed by atoms with Gasteiger partial charge in [0.05, 0.1) is 0 Å². The molecule has 0 saturated carbocycles. The van der Waals surface area contributed by atoms with Crippen LogP contribution in [-0.2, 0) is 0 Å². The highest BCUT2D eigenvalue weighted by Gasteiger charge is 2.14. The average molecular weight is 206 g/mol. The highest BCUT2D eigenvalue weighted by molar-refractivity contribution is 5.42. The fourth-order valence-electron chi connectivity index (χ4n) is 2.39. The van der Waals surface area contributed by atoms with E-state index in [1.807, 2.05) is 0 Å². The molecule has 0 aliphatic heterocycles. The van der Waals surface area contributed by atoms with Crippen molar-refractivity contribution >= 4 is 0 Å². The first-order valence-electron chi connectivity index (χ1n) is 6.73. The summed E-state index contributed by atoms with van der Waals surface area (Å²) in [6.45, 7) is 6.88. The van der Waals surface area contributed by atoms with Gasteiger partial charge in [0.15, 0.2) is 0 Å². The van der Waals surface area contributed by atoms with E-state index in [1.165, 1.54) is 51.4 Å². The normalized spacial score (nSPS) is 16.1. The first-order chi connectivity index (χ1) is 7.33. The third-order valence-corrected chi connectivity index (χ3v) is 3.42. The predicted octanol–water partition coefficient (Wildman–Crippen LogP) is 5.40. The van der Waals surface area contributed by atoms with Gasteiger partial charge in [-0.25, -0.2) is 0 Å². The zero-order valence-corrected chi connectivity index (χ0v) is 10.7. The molecule has 0 amide bonds. The van der Waals surface area contributed by atoms with Crippen molar-refractivity contribution in [3.63, 3.8) is 0 Å². The Morgan fingerprint density at radius 2 is 1.67 bits per heavy atom. The topological polar surface area (TPSA) is 0 Å². The van der Waals surface area contributed by atoms with Crippen molar-refractivity contribution in [1.29, 1.82) is 0 Å². The van der Waals surface area contributed by atoms with E-state index >= 15 is 0 Å². The van der Waals surface area contributed by atoms with E-state index in [9.17, 15) is 0 Å². The average Bonchev–Trinajstić information content (AvgIpc) is 2.65. The van der Waals surface area contributed by atoms with Gasteiger partial charge in [-0.3, -0.25) is 0 Å². The monoisotopic (exact) mass is 206 g/mol. The van der Waals surface area contributed by atoms with Crippen molar-refractivity contribution in [2.24, 2.45) is 0 Å². The molecule has 0 saturated heterocycles. The van der Waals surface area contributed by atoms with Crippen LogP contribution in [0.4, 0.5) is 0 Å². The second-order valence-corrected chi connectivity index (χ2v) is 4.58. The van der Waals surface area contributed by atoms with Crippen LogP contribution in [-0.4, -0.2) is 0 Å². The van der Waals surface area contributed by atoms with Gasteiger partial charge in [-0.2, -0.15) is 0 Å². The molecular formula is C15H26. The maximum atomic E-state index is 2.49. The Labute approximate surface area is 95.5 Å². The van der Waals surface area contributed by atoms with E-state index in [0.717, 1.165) is 0 Å². The van der Waals surface area contributed by atoms with Gasteiger partial charge in [0.2, 0.25) is 0 Å². The highest BCUT2D eigenvalue weighted by atomic mass is 14.2. The zero-order chi connectivity index (χ0) is 11.1. The summed E-state index contributed by atoms with van der Waals surface area (Å²) in [4.78, 5) is 0. The van der Waals surface area contributed by atoms with E-state index < -0.39 is 0 Å². The molecule has 1 aliphatic carbocycles. The second-order valence-electron chi connectivity index (χ2n) is 4.58. The Hall–Kier alpha value is -0.520. The molecule has 0 aromatic carbocycles. The van der Waals surface area contributed by atoms with Crippen molar-refractivity contribution in [1.82, 2.24) is 0 Å². The molecule has 0 aromatic heterocycles. The molecular weight excluding hydrogens is 180 g/mol. The molecule has 0 heterocycles. The molecule has 0 atom stereocenters. The van der Waals surface area contributed by atoms with Crippen LogP contribution in [0.5, 0.6) is 0 Å². The molecule has 0 unspecified atom stereocenters. The number of unbranched alkanes of at least 4 members (excludes halogenated alkanes) is 2. The molecule has 1 rings (SSSR count). The summed E-state index contributed by atoms with van der Waals surface area (Å²) in [7, 11) is 0. The molecule has 0 heteroatoms. The minimum Gasteiger partial charge on any atom is -0.0770 e. The van der Waals surface area contributed by atoms with E-state index in [2.05, 4.69) is 26.8 Å². The van der Waals surface area contributed by atoms with Gasteiger partial charge in [0, 0.05) is 0 Å². The molecule has 0 bridgehead atoms. The molecule has 0 N–H and O–H groups in total. The standard InChI is InChI=1S/C15H26/c1-4-7-9-14-12-11-13(6-3)15(14)10-8-5-2/h12H,4-11H2,1-3H3. The molecule has 86 valence electrons. The number of hydrogen-bond acceptors (Lipinski definition) is 0. The van der Waals surface area contributed by atoms with E-state index in [1.54, 1.807) is 16.7 Å². The molecule has 15 heavy (non-hydrogen) atoms. The SMILES string of the molecule is CCCCC1=CCC(CC)=C1CCCC. The van der Waals surface area contributed by atoms with Crippen molar-refractivity contribution < 1.29 is 0 Å². The maximum Gasteiger partial charge on any atom is -0.0127 e. The number of allylic oxidation sites excluding steroid dienone is 4. The van der Waals surface area contributed by atoms with E-state index in [-0.39, 0.29) is 0 Å². The van der Waals surface area contributed by atoms with Crippen LogP contribution in [0.15, 0.2) is 22.8 Å². The van der Waals surface area contributed by atoms with Crippen molar-refractivity contribution in [3.05, 3.63) is 22.8 Å². The fourth-order valence-corrected chi connectivity index (χ4v) is 2.39. The third kappa shape index (κ3) is 3.52. The van der Waals surface area contributed by atoms with Crippen LogP contribution in [0.25, 0.3) is 0 Å². The van der Waals surface area contributed by atoms with Gasteiger partial charge in [-0.05, 0) is 49.7 Å². The van der Waals surface area contributed by atoms with Crippen LogP contribution < -0.4 is 0 Å². The lowest BCUT2D eigenvalue weighted by Gasteiger charge is -2.10. The quantitative estimate of drug-likeness (QED) is 0.523. The number of hydrogen-bond donors (Lipinski definition) is 0. The molecule has 0 spiro atoms. The largest absolute Gasteiger partial charge is 0.0770 e. The lowest BCUT2D eigenvalue weighted by molar-refractivity contribution is 0.750. The van der Waals surface area contributed by atoms with Crippen LogP contribution in [0, 0.1) is 0 Å². The molecule has 0 aromatic rings. The van der Waals surface area contributed by atoms with E-state index in [0.29, 0.717) is 0 Å². The van der Waals surface area contributed by atoms with Crippen molar-refractivity contribution in [2.45, 2.75) is 72.1 Å². The van der Waals surface area contributed by atoms with Crippen molar-refractivity contribution in [2.75, 3.05) is 0 Å². The Morgan fingerprint density at radius 3 is 2.27 bits per heavy atom. The fraction of sp³-hybridized carbons (Fsp3) is 0.733. The molecule has 0 nitrogen and oxygen atoms in total. The van der Waals surface area contributed by atoms with Gasteiger partial charge >= 0.3 is 0 Å². The van der Waals surface area contributed by atoms with Gasteiger partial charge in [-0.15, -0.1) is 0 Å². The highest BCUT2D eigenvalue weighted by Crippen LogP contribution is 2.34. The Kier molecular flexibility index (Phi) is 5.75. The van der Waals surface area contributed by atoms with Gasteiger partial charge in [-0.1, -0.05) is 45.3 Å². The van der Waals surface area contributed by atoms with Crippen LogP contribution in [0.2, 0.25) is 0 Å². The van der Waals surface area contributed by atoms with Crippen LogP contribution >= 0.6 is 0 Å². The molecule has 0 fully saturated rings.